The maximum Gasteiger partial charge on any atom is 0.318 e. The molecule has 1 aromatic rings. The van der Waals surface area contributed by atoms with Crippen LogP contribution in [-0.4, -0.2) is 60.1 Å². The van der Waals surface area contributed by atoms with Crippen LogP contribution >= 0.6 is 0 Å². The fourth-order valence-corrected chi connectivity index (χ4v) is 5.28. The van der Waals surface area contributed by atoms with Gasteiger partial charge in [-0.1, -0.05) is 19.9 Å². The molecule has 0 aliphatic carbocycles. The second-order valence-electron chi connectivity index (χ2n) is 7.54. The average molecular weight is 397 g/mol. The number of nitrogens with zero attached hydrogens (tertiary/aromatic N) is 3. The van der Waals surface area contributed by atoms with Crippen LogP contribution in [0.3, 0.4) is 0 Å². The van der Waals surface area contributed by atoms with Gasteiger partial charge < -0.3 is 10.2 Å². The van der Waals surface area contributed by atoms with E-state index in [1.807, 2.05) is 39.8 Å². The zero-order valence-electron chi connectivity index (χ0n) is 16.8. The van der Waals surface area contributed by atoms with Crippen molar-refractivity contribution in [2.45, 2.75) is 52.6 Å². The molecule has 1 fully saturated rings. The number of amides is 2. The number of nitrogens with one attached hydrogen (secondary N) is 1. The number of rotatable bonds is 7. The molecule has 0 saturated carbocycles. The normalized spacial score (nSPS) is 17.7. The van der Waals surface area contributed by atoms with Gasteiger partial charge in [-0.2, -0.15) is 0 Å². The molecule has 8 heteroatoms. The molecule has 1 saturated heterocycles. The van der Waals surface area contributed by atoms with Crippen LogP contribution in [0.25, 0.3) is 0 Å². The summed E-state index contributed by atoms with van der Waals surface area (Å²) in [5.74, 6) is 0.287. The van der Waals surface area contributed by atoms with Gasteiger partial charge in [-0.25, -0.2) is 17.5 Å². The van der Waals surface area contributed by atoms with Gasteiger partial charge in [0.1, 0.15) is 0 Å². The van der Waals surface area contributed by atoms with E-state index in [4.69, 9.17) is 0 Å². The SMILES string of the molecule is CCN(C(=O)NC1CCN(S(=O)(=O)CC(C)C)CC1)C(C)c1cccnc1. The summed E-state index contributed by atoms with van der Waals surface area (Å²) in [6, 6.07) is 3.64. The first-order chi connectivity index (χ1) is 12.7. The van der Waals surface area contributed by atoms with Crippen molar-refractivity contribution < 1.29 is 13.2 Å². The number of hydrogen-bond acceptors (Lipinski definition) is 4. The van der Waals surface area contributed by atoms with Crippen LogP contribution in [-0.2, 0) is 10.0 Å². The second-order valence-corrected chi connectivity index (χ2v) is 9.56. The van der Waals surface area contributed by atoms with E-state index >= 15 is 0 Å². The van der Waals surface area contributed by atoms with Crippen LogP contribution in [0.1, 0.15) is 52.1 Å². The number of hydrogen-bond donors (Lipinski definition) is 1. The molecule has 2 rings (SSSR count). The summed E-state index contributed by atoms with van der Waals surface area (Å²) in [6.07, 6.45) is 4.77. The van der Waals surface area contributed by atoms with Crippen molar-refractivity contribution in [2.24, 2.45) is 5.92 Å². The minimum Gasteiger partial charge on any atom is -0.335 e. The van der Waals surface area contributed by atoms with Gasteiger partial charge in [0.2, 0.25) is 10.0 Å². The van der Waals surface area contributed by atoms with Crippen LogP contribution in [0.15, 0.2) is 24.5 Å². The summed E-state index contributed by atoms with van der Waals surface area (Å²) < 4.78 is 26.3. The van der Waals surface area contributed by atoms with Crippen LogP contribution in [0.5, 0.6) is 0 Å². The Kier molecular flexibility index (Phi) is 7.61. The monoisotopic (exact) mass is 396 g/mol. The lowest BCUT2D eigenvalue weighted by atomic mass is 10.1. The highest BCUT2D eigenvalue weighted by atomic mass is 32.2. The quantitative estimate of drug-likeness (QED) is 0.768. The number of urea groups is 1. The molecule has 7 nitrogen and oxygen atoms in total. The van der Waals surface area contributed by atoms with E-state index < -0.39 is 10.0 Å². The lowest BCUT2D eigenvalue weighted by Crippen LogP contribution is -2.51. The third-order valence-corrected chi connectivity index (χ3v) is 7.19. The second kappa shape index (κ2) is 9.50. The maximum absolute atomic E-state index is 12.7. The van der Waals surface area contributed by atoms with Crippen molar-refractivity contribution in [3.05, 3.63) is 30.1 Å². The summed E-state index contributed by atoms with van der Waals surface area (Å²) in [6.45, 7) is 9.27. The molecule has 1 atom stereocenters. The summed E-state index contributed by atoms with van der Waals surface area (Å²) in [4.78, 5) is 18.6. The molecular weight excluding hydrogens is 364 g/mol. The molecular formula is C19H32N4O3S. The van der Waals surface area contributed by atoms with E-state index in [2.05, 4.69) is 10.3 Å². The Bertz CT molecular complexity index is 701. The highest BCUT2D eigenvalue weighted by Gasteiger charge is 2.30. The first kappa shape index (κ1) is 21.6. The van der Waals surface area contributed by atoms with Gasteiger partial charge in [0, 0.05) is 38.1 Å². The number of sulfonamides is 1. The van der Waals surface area contributed by atoms with Gasteiger partial charge >= 0.3 is 6.03 Å². The lowest BCUT2D eigenvalue weighted by Gasteiger charge is -2.34. The Morgan fingerprint density at radius 1 is 1.33 bits per heavy atom. The number of piperidine rings is 1. The van der Waals surface area contributed by atoms with E-state index in [0.29, 0.717) is 32.5 Å². The van der Waals surface area contributed by atoms with Crippen molar-refractivity contribution in [1.82, 2.24) is 19.5 Å². The van der Waals surface area contributed by atoms with Crippen molar-refractivity contribution in [3.63, 3.8) is 0 Å². The smallest absolute Gasteiger partial charge is 0.318 e. The molecule has 0 radical (unpaired) electrons. The predicted octanol–water partition coefficient (Wildman–Crippen LogP) is 2.62. The third kappa shape index (κ3) is 5.90. The Morgan fingerprint density at radius 3 is 2.52 bits per heavy atom. The number of pyridine rings is 1. The minimum atomic E-state index is -3.20. The lowest BCUT2D eigenvalue weighted by molar-refractivity contribution is 0.173. The molecule has 1 aliphatic heterocycles. The average Bonchev–Trinajstić information content (AvgIpc) is 2.62. The van der Waals surface area contributed by atoms with E-state index in [9.17, 15) is 13.2 Å². The molecule has 0 spiro atoms. The van der Waals surface area contributed by atoms with Gasteiger partial charge in [0.05, 0.1) is 11.8 Å². The fourth-order valence-electron chi connectivity index (χ4n) is 3.46. The largest absolute Gasteiger partial charge is 0.335 e. The maximum atomic E-state index is 12.7. The van der Waals surface area contributed by atoms with Crippen LogP contribution in [0, 0.1) is 5.92 Å². The highest BCUT2D eigenvalue weighted by molar-refractivity contribution is 7.89. The Balaban J connectivity index is 1.91. The van der Waals surface area contributed by atoms with Crippen LogP contribution in [0.4, 0.5) is 4.79 Å². The molecule has 1 aromatic heterocycles. The molecule has 0 bridgehead atoms. The number of aromatic nitrogens is 1. The predicted molar refractivity (Wildman–Crippen MR) is 107 cm³/mol. The van der Waals surface area contributed by atoms with E-state index in [1.165, 1.54) is 0 Å². The van der Waals surface area contributed by atoms with Crippen LogP contribution < -0.4 is 5.32 Å². The summed E-state index contributed by atoms with van der Waals surface area (Å²) in [5.41, 5.74) is 0.990. The van der Waals surface area contributed by atoms with E-state index in [0.717, 1.165) is 5.56 Å². The fraction of sp³-hybridized carbons (Fsp3) is 0.684. The molecule has 2 heterocycles. The van der Waals surface area contributed by atoms with Crippen LogP contribution in [0.2, 0.25) is 0 Å². The molecule has 2 amide bonds. The minimum absolute atomic E-state index is 0.00171. The van der Waals surface area contributed by atoms with Crippen molar-refractivity contribution in [2.75, 3.05) is 25.4 Å². The third-order valence-electron chi connectivity index (χ3n) is 4.95. The Labute approximate surface area is 163 Å². The zero-order valence-corrected chi connectivity index (χ0v) is 17.6. The Morgan fingerprint density at radius 2 is 2.00 bits per heavy atom. The molecule has 27 heavy (non-hydrogen) atoms. The molecule has 1 unspecified atom stereocenters. The highest BCUT2D eigenvalue weighted by Crippen LogP contribution is 2.20. The van der Waals surface area contributed by atoms with Crippen molar-refractivity contribution in [1.29, 1.82) is 0 Å². The number of carbonyl (C=O) groups excluding carboxylic acids is 1. The molecule has 152 valence electrons. The summed E-state index contributed by atoms with van der Waals surface area (Å²) >= 11 is 0. The number of carbonyl (C=O) groups is 1. The van der Waals surface area contributed by atoms with E-state index in [-0.39, 0.29) is 29.8 Å². The van der Waals surface area contributed by atoms with E-state index in [1.54, 1.807) is 21.6 Å². The Hall–Kier alpha value is -1.67. The van der Waals surface area contributed by atoms with Gasteiger partial charge in [0.25, 0.3) is 0 Å². The van der Waals surface area contributed by atoms with Crippen molar-refractivity contribution in [3.8, 4) is 0 Å². The standard InChI is InChI=1S/C19H32N4O3S/c1-5-23(16(4)17-7-6-10-20-13-17)19(24)21-18-8-11-22(12-9-18)27(25,26)14-15(2)3/h6-7,10,13,15-16,18H,5,8-9,11-12,14H2,1-4H3,(H,21,24). The van der Waals surface area contributed by atoms with Gasteiger partial charge in [-0.3, -0.25) is 4.98 Å². The first-order valence-electron chi connectivity index (χ1n) is 9.69. The first-order valence-corrected chi connectivity index (χ1v) is 11.3. The van der Waals surface area contributed by atoms with Gasteiger partial charge in [0.15, 0.2) is 0 Å². The van der Waals surface area contributed by atoms with Crippen molar-refractivity contribution >= 4 is 16.1 Å². The molecule has 0 aromatic carbocycles. The van der Waals surface area contributed by atoms with Gasteiger partial charge in [-0.15, -0.1) is 0 Å². The topological polar surface area (TPSA) is 82.6 Å². The van der Waals surface area contributed by atoms with Gasteiger partial charge in [-0.05, 0) is 44.2 Å². The molecule has 1 aliphatic rings. The zero-order chi connectivity index (χ0) is 20.0. The molecule has 1 N–H and O–H groups in total. The summed E-state index contributed by atoms with van der Waals surface area (Å²) in [7, 11) is -3.20. The summed E-state index contributed by atoms with van der Waals surface area (Å²) in [5, 5.41) is 3.08.